The molecule has 1 aliphatic heterocycles. The van der Waals surface area contributed by atoms with Gasteiger partial charge in [0.15, 0.2) is 5.82 Å². The van der Waals surface area contributed by atoms with Gasteiger partial charge in [0.1, 0.15) is 6.04 Å². The van der Waals surface area contributed by atoms with Crippen molar-refractivity contribution < 1.29 is 24.0 Å². The van der Waals surface area contributed by atoms with Crippen molar-refractivity contribution in [2.75, 3.05) is 6.54 Å². The molecule has 43 heavy (non-hydrogen) atoms. The molecular weight excluding hydrogens is 548 g/mol. The van der Waals surface area contributed by atoms with Gasteiger partial charge >= 0.3 is 0 Å². The lowest BCUT2D eigenvalue weighted by molar-refractivity contribution is -0.141. The highest BCUT2D eigenvalue weighted by Crippen LogP contribution is 2.18. The fourth-order valence-corrected chi connectivity index (χ4v) is 5.03. The van der Waals surface area contributed by atoms with Gasteiger partial charge in [0.2, 0.25) is 17.6 Å². The molecule has 0 unspecified atom stereocenters. The number of nitrogens with one attached hydrogen (secondary N) is 5. The summed E-state index contributed by atoms with van der Waals surface area (Å²) in [5.41, 5.74) is 2.83. The van der Waals surface area contributed by atoms with Crippen LogP contribution >= 0.6 is 0 Å². The van der Waals surface area contributed by atoms with Gasteiger partial charge in [-0.25, -0.2) is 4.98 Å². The van der Waals surface area contributed by atoms with E-state index < -0.39 is 41.5 Å². The van der Waals surface area contributed by atoms with Crippen molar-refractivity contribution in [2.45, 2.75) is 37.9 Å². The van der Waals surface area contributed by atoms with Crippen LogP contribution in [0.25, 0.3) is 11.0 Å². The quantitative estimate of drug-likeness (QED) is 0.161. The Balaban J connectivity index is 1.34. The molecule has 1 aliphatic rings. The van der Waals surface area contributed by atoms with Crippen LogP contribution in [0.2, 0.25) is 0 Å². The molecular formula is C32H32N6O5. The predicted octanol–water partition coefficient (Wildman–Crippen LogP) is 1.80. The maximum absolute atomic E-state index is 13.7. The summed E-state index contributed by atoms with van der Waals surface area (Å²) < 4.78 is 0. The first kappa shape index (κ1) is 29.2. The number of carbonyl (C=O) groups excluding carboxylic acids is 5. The number of nitrogens with zero attached hydrogens (tertiary/aromatic N) is 1. The largest absolute Gasteiger partial charge is 0.356 e. The molecule has 4 amide bonds. The third-order valence-electron chi connectivity index (χ3n) is 7.34. The van der Waals surface area contributed by atoms with Gasteiger partial charge in [-0.3, -0.25) is 24.0 Å². The number of carbonyl (C=O) groups is 5. The van der Waals surface area contributed by atoms with Crippen LogP contribution in [0.3, 0.4) is 0 Å². The molecule has 220 valence electrons. The van der Waals surface area contributed by atoms with Crippen LogP contribution in [0.15, 0.2) is 84.9 Å². The van der Waals surface area contributed by atoms with E-state index in [0.29, 0.717) is 24.0 Å². The first-order chi connectivity index (χ1) is 20.9. The number of hydrogen-bond acceptors (Lipinski definition) is 6. The summed E-state index contributed by atoms with van der Waals surface area (Å²) in [6.07, 6.45) is 0.536. The van der Waals surface area contributed by atoms with Gasteiger partial charge < -0.3 is 26.3 Å². The predicted molar refractivity (Wildman–Crippen MR) is 158 cm³/mol. The second-order valence-corrected chi connectivity index (χ2v) is 10.4. The third-order valence-corrected chi connectivity index (χ3v) is 7.34. The Morgan fingerprint density at radius 1 is 0.837 bits per heavy atom. The Morgan fingerprint density at radius 2 is 1.51 bits per heavy atom. The summed E-state index contributed by atoms with van der Waals surface area (Å²) in [5.74, 6) is -3.77. The Hall–Kier alpha value is -5.32. The molecule has 1 aromatic heterocycles. The Morgan fingerprint density at radius 3 is 2.19 bits per heavy atom. The number of aromatic nitrogens is 2. The van der Waals surface area contributed by atoms with Crippen molar-refractivity contribution in [3.8, 4) is 0 Å². The zero-order valence-electron chi connectivity index (χ0n) is 23.3. The van der Waals surface area contributed by atoms with E-state index in [2.05, 4.69) is 31.2 Å². The number of hydrogen-bond donors (Lipinski definition) is 5. The van der Waals surface area contributed by atoms with Crippen molar-refractivity contribution in [2.24, 2.45) is 5.92 Å². The minimum atomic E-state index is -1.28. The molecule has 0 spiro atoms. The highest BCUT2D eigenvalue weighted by Gasteiger charge is 2.35. The average Bonchev–Trinajstić information content (AvgIpc) is 3.65. The number of ketones is 1. The molecule has 3 atom stereocenters. The molecule has 0 saturated carbocycles. The number of Topliss-reactive ketones (excluding diaryl/α,β-unsaturated/α-hetero) is 1. The molecule has 2 heterocycles. The van der Waals surface area contributed by atoms with E-state index in [0.717, 1.165) is 11.1 Å². The van der Waals surface area contributed by atoms with E-state index in [1.807, 2.05) is 66.7 Å². The number of rotatable bonds is 12. The van der Waals surface area contributed by atoms with Gasteiger partial charge in [-0.05, 0) is 36.1 Å². The fourth-order valence-electron chi connectivity index (χ4n) is 5.03. The third kappa shape index (κ3) is 7.50. The first-order valence-corrected chi connectivity index (χ1v) is 14.1. The zero-order valence-corrected chi connectivity index (χ0v) is 23.3. The normalized spacial score (nSPS) is 15.7. The van der Waals surface area contributed by atoms with Crippen LogP contribution in [0.5, 0.6) is 0 Å². The summed E-state index contributed by atoms with van der Waals surface area (Å²) in [7, 11) is 0. The van der Waals surface area contributed by atoms with Crippen LogP contribution in [-0.2, 0) is 32.1 Å². The van der Waals surface area contributed by atoms with Gasteiger partial charge in [-0.2, -0.15) is 0 Å². The van der Waals surface area contributed by atoms with Crippen molar-refractivity contribution in [1.82, 2.24) is 31.2 Å². The summed E-state index contributed by atoms with van der Waals surface area (Å²) in [6, 6.07) is 23.0. The second-order valence-electron chi connectivity index (χ2n) is 10.4. The monoisotopic (exact) mass is 580 g/mol. The molecule has 11 heteroatoms. The van der Waals surface area contributed by atoms with Crippen LogP contribution in [0.4, 0.5) is 0 Å². The summed E-state index contributed by atoms with van der Waals surface area (Å²) >= 11 is 0. The smallest absolute Gasteiger partial charge is 0.289 e. The number of aromatic amines is 1. The Kier molecular flexibility index (Phi) is 9.20. The molecule has 0 bridgehead atoms. The molecule has 5 N–H and O–H groups in total. The van der Waals surface area contributed by atoms with E-state index in [9.17, 15) is 24.0 Å². The van der Waals surface area contributed by atoms with Crippen molar-refractivity contribution >= 4 is 40.4 Å². The van der Waals surface area contributed by atoms with Crippen LogP contribution in [-0.4, -0.2) is 58.0 Å². The highest BCUT2D eigenvalue weighted by molar-refractivity contribution is 6.38. The lowest BCUT2D eigenvalue weighted by Crippen LogP contribution is -2.55. The van der Waals surface area contributed by atoms with Crippen LogP contribution < -0.4 is 21.3 Å². The lowest BCUT2D eigenvalue weighted by Gasteiger charge is -2.24. The molecule has 3 aromatic carbocycles. The standard InChI is InChI=1S/C32H32N6O5/c39-27(31(42)34-19-21-11-5-2-6-12-21)25(18-22-15-16-33-29(22)40)37-30(41)26(17-20-9-3-1-4-10-20)38-32(43)28-35-23-13-7-8-14-24(23)36-28/h1-14,22,25-26H,15-19H2,(H,33,40)(H,34,42)(H,35,36)(H,37,41)(H,38,43)/t22-,25-,26-/m0/s1. The summed E-state index contributed by atoms with van der Waals surface area (Å²) in [6.45, 7) is 0.572. The maximum atomic E-state index is 13.7. The van der Waals surface area contributed by atoms with Crippen LogP contribution in [0.1, 0.15) is 34.6 Å². The minimum absolute atomic E-state index is 0.0302. The molecule has 1 saturated heterocycles. The molecule has 0 aliphatic carbocycles. The molecule has 5 rings (SSSR count). The number of amides is 4. The molecule has 11 nitrogen and oxygen atoms in total. The first-order valence-electron chi connectivity index (χ1n) is 14.1. The highest BCUT2D eigenvalue weighted by atomic mass is 16.2. The van der Waals surface area contributed by atoms with Crippen LogP contribution in [0, 0.1) is 5.92 Å². The number of benzene rings is 3. The van der Waals surface area contributed by atoms with Crippen molar-refractivity contribution in [3.05, 3.63) is 102 Å². The topological polar surface area (TPSA) is 162 Å². The Bertz CT molecular complexity index is 1590. The van der Waals surface area contributed by atoms with Gasteiger partial charge in [0.05, 0.1) is 17.1 Å². The van der Waals surface area contributed by atoms with Gasteiger partial charge in [-0.15, -0.1) is 0 Å². The van der Waals surface area contributed by atoms with E-state index in [1.54, 1.807) is 18.2 Å². The minimum Gasteiger partial charge on any atom is -0.356 e. The summed E-state index contributed by atoms with van der Waals surface area (Å²) in [4.78, 5) is 72.8. The molecule has 0 radical (unpaired) electrons. The maximum Gasteiger partial charge on any atom is 0.289 e. The zero-order chi connectivity index (χ0) is 30.2. The van der Waals surface area contributed by atoms with Gasteiger partial charge in [0.25, 0.3) is 11.8 Å². The van der Waals surface area contributed by atoms with Gasteiger partial charge in [-0.1, -0.05) is 72.8 Å². The number of H-pyrrole nitrogens is 1. The Labute approximate surface area is 247 Å². The molecule has 4 aromatic rings. The molecule has 1 fully saturated rings. The van der Waals surface area contributed by atoms with E-state index >= 15 is 0 Å². The van der Waals surface area contributed by atoms with E-state index in [1.165, 1.54) is 0 Å². The van der Waals surface area contributed by atoms with E-state index in [-0.39, 0.29) is 31.1 Å². The van der Waals surface area contributed by atoms with Crippen molar-refractivity contribution in [1.29, 1.82) is 0 Å². The number of fused-ring (bicyclic) bond motifs is 1. The second kappa shape index (κ2) is 13.6. The van der Waals surface area contributed by atoms with E-state index in [4.69, 9.17) is 0 Å². The lowest BCUT2D eigenvalue weighted by atomic mass is 9.94. The average molecular weight is 581 g/mol. The number of para-hydroxylation sites is 2. The van der Waals surface area contributed by atoms with Crippen molar-refractivity contribution in [3.63, 3.8) is 0 Å². The SMILES string of the molecule is O=C(NCc1ccccc1)C(=O)[C@H](C[C@@H]1CCNC1=O)NC(=O)[C@H](Cc1ccccc1)NC(=O)c1nc2ccccc2[nH]1. The summed E-state index contributed by atoms with van der Waals surface area (Å²) in [5, 5.41) is 10.7. The fraction of sp³-hybridized carbons (Fsp3) is 0.250. The van der Waals surface area contributed by atoms with Gasteiger partial charge in [0, 0.05) is 25.4 Å². The number of imidazole rings is 1.